The molecule has 2 nitrogen and oxygen atoms in total. The first-order valence-electron chi connectivity index (χ1n) is 24.7. The lowest BCUT2D eigenvalue weighted by molar-refractivity contribution is -0.0662. The van der Waals surface area contributed by atoms with Crippen LogP contribution in [0.1, 0.15) is 244 Å². The van der Waals surface area contributed by atoms with E-state index in [4.69, 9.17) is 0 Å². The van der Waals surface area contributed by atoms with E-state index in [1.54, 1.807) is 0 Å². The first-order chi connectivity index (χ1) is 25.3. The third kappa shape index (κ3) is 19.1. The van der Waals surface area contributed by atoms with Gasteiger partial charge in [-0.1, -0.05) is 212 Å². The summed E-state index contributed by atoms with van der Waals surface area (Å²) < 4.78 is 0. The Balaban J connectivity index is 1.41. The number of hydrogen-bond donors (Lipinski definition) is 2. The van der Waals surface area contributed by atoms with E-state index in [1.807, 2.05) is 0 Å². The fraction of sp³-hybridized carbons (Fsp3) is 1.00. The van der Waals surface area contributed by atoms with E-state index in [-0.39, 0.29) is 12.2 Å². The Hall–Kier alpha value is -0.0800. The second kappa shape index (κ2) is 25.4. The molecule has 0 saturated heterocycles. The van der Waals surface area contributed by atoms with Crippen molar-refractivity contribution < 1.29 is 10.2 Å². The number of hydrogen-bond acceptors (Lipinski definition) is 2. The lowest BCUT2D eigenvalue weighted by Gasteiger charge is -2.49. The van der Waals surface area contributed by atoms with Crippen LogP contribution >= 0.6 is 0 Å². The first kappa shape index (κ1) is 50.1. The average molecular weight is 759 g/mol. The van der Waals surface area contributed by atoms with Gasteiger partial charge in [0.25, 0.3) is 0 Å². The predicted molar refractivity (Wildman–Crippen MR) is 240 cm³/mol. The van der Waals surface area contributed by atoms with Crippen molar-refractivity contribution in [2.24, 2.45) is 75.9 Å². The molecule has 0 aromatic heterocycles. The summed E-state index contributed by atoms with van der Waals surface area (Å²) in [6.45, 7) is 31.5. The van der Waals surface area contributed by atoms with Gasteiger partial charge in [0, 0.05) is 0 Å². The summed E-state index contributed by atoms with van der Waals surface area (Å²) in [6.07, 6.45) is 32.5. The molecule has 322 valence electrons. The van der Waals surface area contributed by atoms with E-state index < -0.39 is 0 Å². The Bertz CT molecular complexity index is 939. The summed E-state index contributed by atoms with van der Waals surface area (Å²) >= 11 is 0. The number of aliphatic hydroxyl groups is 2. The minimum absolute atomic E-state index is 0.0816. The van der Waals surface area contributed by atoms with Crippen LogP contribution in [0.25, 0.3) is 0 Å². The van der Waals surface area contributed by atoms with Gasteiger partial charge < -0.3 is 10.2 Å². The van der Waals surface area contributed by atoms with Crippen molar-refractivity contribution in [2.45, 2.75) is 256 Å². The molecule has 0 aromatic carbocycles. The summed E-state index contributed by atoms with van der Waals surface area (Å²) in [7, 11) is 0. The van der Waals surface area contributed by atoms with Crippen LogP contribution in [0, 0.1) is 75.9 Å². The van der Waals surface area contributed by atoms with Gasteiger partial charge in [-0.2, -0.15) is 0 Å². The molecule has 0 radical (unpaired) electrons. The molecule has 2 heteroatoms. The molecule has 0 aliphatic heterocycles. The van der Waals surface area contributed by atoms with E-state index in [0.29, 0.717) is 40.4 Å². The molecule has 0 bridgehead atoms. The molecule has 54 heavy (non-hydrogen) atoms. The fourth-order valence-corrected chi connectivity index (χ4v) is 11.9. The molecule has 8 unspecified atom stereocenters. The quantitative estimate of drug-likeness (QED) is 0.0780. The van der Waals surface area contributed by atoms with Gasteiger partial charge >= 0.3 is 0 Å². The standard InChI is InChI=1S/C52H102O2/c1-38(25-18-26-40(3)23-16-17-24-42(5)32-34-48-46(9)50(54)45(8)37-52(48,12)13)21-14-15-22-39(2)27-19-28-41(4)29-20-30-43(6)31-33-47-35-49(53)44(7)36-51(47,10)11/h38-50,53-54H,14-37H2,1-13H3/t38?,39-,40+,41-,42?,43?,44?,45?,46?,47?,48?,49+,50-/m0/s1. The minimum atomic E-state index is -0.113. The molecule has 2 rings (SSSR count). The summed E-state index contributed by atoms with van der Waals surface area (Å²) in [6, 6.07) is 0. The lowest BCUT2D eigenvalue weighted by atomic mass is 9.58. The van der Waals surface area contributed by atoms with Crippen LogP contribution in [0.5, 0.6) is 0 Å². The Labute approximate surface area is 341 Å². The van der Waals surface area contributed by atoms with Crippen LogP contribution in [0.15, 0.2) is 0 Å². The molecule has 2 N–H and O–H groups in total. The van der Waals surface area contributed by atoms with Crippen molar-refractivity contribution in [3.8, 4) is 0 Å². The maximum atomic E-state index is 10.7. The topological polar surface area (TPSA) is 40.5 Å². The van der Waals surface area contributed by atoms with Crippen molar-refractivity contribution in [3.05, 3.63) is 0 Å². The molecule has 13 atom stereocenters. The molecule has 0 amide bonds. The number of unbranched alkanes of at least 4 members (excludes halogenated alkanes) is 2. The fourth-order valence-electron chi connectivity index (χ4n) is 11.9. The number of rotatable bonds is 28. The van der Waals surface area contributed by atoms with E-state index in [9.17, 15) is 10.2 Å². The zero-order chi connectivity index (χ0) is 40.5. The van der Waals surface area contributed by atoms with E-state index >= 15 is 0 Å². The van der Waals surface area contributed by atoms with Gasteiger partial charge in [-0.05, 0) is 108 Å². The molecule has 0 spiro atoms. The van der Waals surface area contributed by atoms with Gasteiger partial charge in [0.05, 0.1) is 12.2 Å². The van der Waals surface area contributed by atoms with Crippen molar-refractivity contribution in [2.75, 3.05) is 0 Å². The smallest absolute Gasteiger partial charge is 0.0594 e. The largest absolute Gasteiger partial charge is 0.393 e. The van der Waals surface area contributed by atoms with Crippen LogP contribution < -0.4 is 0 Å². The Morgan fingerprint density at radius 3 is 1.19 bits per heavy atom. The lowest BCUT2D eigenvalue weighted by Crippen LogP contribution is -2.45. The van der Waals surface area contributed by atoms with Gasteiger partial charge in [-0.25, -0.2) is 0 Å². The van der Waals surface area contributed by atoms with Crippen molar-refractivity contribution >= 4 is 0 Å². The maximum absolute atomic E-state index is 10.7. The van der Waals surface area contributed by atoms with Crippen LogP contribution in [0.4, 0.5) is 0 Å². The third-order valence-corrected chi connectivity index (χ3v) is 16.2. The van der Waals surface area contributed by atoms with Crippen LogP contribution in [0.3, 0.4) is 0 Å². The molecule has 2 fully saturated rings. The van der Waals surface area contributed by atoms with Gasteiger partial charge in [0.1, 0.15) is 0 Å². The molecular formula is C52H102O2. The normalized spacial score (nSPS) is 30.4. The predicted octanol–water partition coefficient (Wildman–Crippen LogP) is 16.1. The van der Waals surface area contributed by atoms with Crippen LogP contribution in [-0.4, -0.2) is 22.4 Å². The monoisotopic (exact) mass is 759 g/mol. The molecular weight excluding hydrogens is 657 g/mol. The summed E-state index contributed by atoms with van der Waals surface area (Å²) in [5, 5.41) is 21.1. The van der Waals surface area contributed by atoms with Crippen molar-refractivity contribution in [1.82, 2.24) is 0 Å². The van der Waals surface area contributed by atoms with E-state index in [0.717, 1.165) is 41.9 Å². The maximum Gasteiger partial charge on any atom is 0.0594 e. The van der Waals surface area contributed by atoms with Gasteiger partial charge in [-0.3, -0.25) is 0 Å². The SMILES string of the molecule is CC(CCCC[C@H](C)CCC[C@H](C)CCCC(C)CCC1C[C@@H](O)C(C)CC1(C)C)CCC[C@H](C)CCCCC(C)CCC1C(C)[C@@H](O)C(C)CC1(C)C. The van der Waals surface area contributed by atoms with Gasteiger partial charge in [0.2, 0.25) is 0 Å². The van der Waals surface area contributed by atoms with Crippen molar-refractivity contribution in [3.63, 3.8) is 0 Å². The van der Waals surface area contributed by atoms with Crippen molar-refractivity contribution in [1.29, 1.82) is 0 Å². The Kier molecular flexibility index (Phi) is 23.6. The number of aliphatic hydroxyl groups excluding tert-OH is 2. The second-order valence-electron chi connectivity index (χ2n) is 22.9. The summed E-state index contributed by atoms with van der Waals surface area (Å²) in [4.78, 5) is 0. The summed E-state index contributed by atoms with van der Waals surface area (Å²) in [5.41, 5.74) is 0.751. The Morgan fingerprint density at radius 2 is 0.778 bits per heavy atom. The van der Waals surface area contributed by atoms with Crippen LogP contribution in [0.2, 0.25) is 0 Å². The molecule has 2 saturated carbocycles. The Morgan fingerprint density at radius 1 is 0.444 bits per heavy atom. The highest BCUT2D eigenvalue weighted by molar-refractivity contribution is 4.94. The first-order valence-corrected chi connectivity index (χ1v) is 24.7. The van der Waals surface area contributed by atoms with E-state index in [1.165, 1.54) is 148 Å². The average Bonchev–Trinajstić information content (AvgIpc) is 3.08. The van der Waals surface area contributed by atoms with Gasteiger partial charge in [-0.15, -0.1) is 0 Å². The second-order valence-corrected chi connectivity index (χ2v) is 22.9. The highest BCUT2D eigenvalue weighted by Crippen LogP contribution is 2.49. The third-order valence-electron chi connectivity index (χ3n) is 16.2. The van der Waals surface area contributed by atoms with Crippen LogP contribution in [-0.2, 0) is 0 Å². The highest BCUT2D eigenvalue weighted by Gasteiger charge is 2.44. The minimum Gasteiger partial charge on any atom is -0.393 e. The zero-order valence-corrected chi connectivity index (χ0v) is 39.4. The molecule has 2 aliphatic carbocycles. The zero-order valence-electron chi connectivity index (χ0n) is 39.4. The molecule has 2 aliphatic rings. The summed E-state index contributed by atoms with van der Waals surface area (Å²) in [5.74, 6) is 7.89. The molecule has 0 aromatic rings. The highest BCUT2D eigenvalue weighted by atomic mass is 16.3. The van der Waals surface area contributed by atoms with E-state index in [2.05, 4.69) is 90.0 Å². The van der Waals surface area contributed by atoms with Gasteiger partial charge in [0.15, 0.2) is 0 Å². The molecule has 0 heterocycles.